The van der Waals surface area contributed by atoms with E-state index in [0.717, 1.165) is 43.9 Å². The second-order valence-electron chi connectivity index (χ2n) is 6.70. The zero-order valence-electron chi connectivity index (χ0n) is 14.1. The number of thiophene rings is 1. The van der Waals surface area contributed by atoms with Crippen LogP contribution in [0.4, 0.5) is 0 Å². The van der Waals surface area contributed by atoms with Gasteiger partial charge in [0.25, 0.3) is 0 Å². The lowest BCUT2D eigenvalue weighted by Gasteiger charge is -2.39. The maximum atomic E-state index is 6.18. The third-order valence-corrected chi connectivity index (χ3v) is 5.74. The number of nitrogens with zero attached hydrogens (tertiary/aromatic N) is 2. The van der Waals surface area contributed by atoms with Crippen molar-refractivity contribution >= 4 is 11.3 Å². The zero-order valence-corrected chi connectivity index (χ0v) is 14.9. The molecule has 3 atom stereocenters. The minimum absolute atomic E-state index is 0.183. The van der Waals surface area contributed by atoms with Crippen molar-refractivity contribution in [3.05, 3.63) is 52.0 Å². The molecule has 2 aliphatic rings. The highest BCUT2D eigenvalue weighted by atomic mass is 32.1. The van der Waals surface area contributed by atoms with Gasteiger partial charge in [0, 0.05) is 24.8 Å². The van der Waals surface area contributed by atoms with Gasteiger partial charge in [-0.1, -0.05) is 6.07 Å². The Kier molecular flexibility index (Phi) is 4.94. The fourth-order valence-electron chi connectivity index (χ4n) is 3.86. The molecule has 0 bridgehead atoms. The molecule has 3 heterocycles. The summed E-state index contributed by atoms with van der Waals surface area (Å²) in [5.74, 6) is 0. The second-order valence-corrected chi connectivity index (χ2v) is 7.48. The lowest BCUT2D eigenvalue weighted by molar-refractivity contribution is -0.119. The monoisotopic (exact) mass is 344 g/mol. The van der Waals surface area contributed by atoms with Gasteiger partial charge in [-0.25, -0.2) is 0 Å². The Morgan fingerprint density at radius 3 is 3.12 bits per heavy atom. The average Bonchev–Trinajstić information content (AvgIpc) is 3.23. The molecule has 0 spiro atoms. The van der Waals surface area contributed by atoms with Crippen LogP contribution in [0.5, 0.6) is 0 Å². The van der Waals surface area contributed by atoms with Gasteiger partial charge in [0.05, 0.1) is 31.1 Å². The molecule has 1 aliphatic carbocycles. The fraction of sp³-hybridized carbons (Fsp3) is 0.526. The van der Waals surface area contributed by atoms with E-state index in [1.807, 2.05) is 25.1 Å². The smallest absolute Gasteiger partial charge is 0.0992 e. The number of aryl methyl sites for hydroxylation is 1. The van der Waals surface area contributed by atoms with Crippen molar-refractivity contribution in [1.82, 2.24) is 9.88 Å². The largest absolute Gasteiger partial charge is 0.373 e. The summed E-state index contributed by atoms with van der Waals surface area (Å²) in [4.78, 5) is 7.10. The lowest BCUT2D eigenvalue weighted by atomic mass is 10.1. The number of pyridine rings is 1. The minimum atomic E-state index is 0.183. The van der Waals surface area contributed by atoms with Crippen LogP contribution in [0, 0.1) is 6.92 Å². The van der Waals surface area contributed by atoms with Crippen LogP contribution in [-0.2, 0) is 22.6 Å². The van der Waals surface area contributed by atoms with Crippen molar-refractivity contribution in [3.63, 3.8) is 0 Å². The van der Waals surface area contributed by atoms with Crippen LogP contribution in [-0.4, -0.2) is 41.3 Å². The number of rotatable bonds is 5. The summed E-state index contributed by atoms with van der Waals surface area (Å²) in [6, 6.07) is 8.79. The lowest BCUT2D eigenvalue weighted by Crippen LogP contribution is -2.51. The molecular formula is C19H24N2O2S. The summed E-state index contributed by atoms with van der Waals surface area (Å²) in [6.07, 6.45) is 2.60. The van der Waals surface area contributed by atoms with E-state index in [1.54, 1.807) is 11.3 Å². The molecular weight excluding hydrogens is 320 g/mol. The number of fused-ring (bicyclic) bond motifs is 1. The van der Waals surface area contributed by atoms with Gasteiger partial charge in [-0.15, -0.1) is 0 Å². The summed E-state index contributed by atoms with van der Waals surface area (Å²) in [7, 11) is 0. The molecule has 1 aliphatic heterocycles. The topological polar surface area (TPSA) is 34.6 Å². The molecule has 5 heteroatoms. The predicted octanol–water partition coefficient (Wildman–Crippen LogP) is 3.40. The van der Waals surface area contributed by atoms with E-state index in [-0.39, 0.29) is 12.2 Å². The van der Waals surface area contributed by atoms with Crippen LogP contribution in [0.1, 0.15) is 29.8 Å². The Balaban J connectivity index is 1.37. The number of hydrogen-bond donors (Lipinski definition) is 0. The highest BCUT2D eigenvalue weighted by molar-refractivity contribution is 7.07. The minimum Gasteiger partial charge on any atom is -0.373 e. The van der Waals surface area contributed by atoms with Crippen LogP contribution in [0.15, 0.2) is 35.0 Å². The van der Waals surface area contributed by atoms with Crippen LogP contribution >= 0.6 is 11.3 Å². The normalized spacial score (nSPS) is 27.3. The Labute approximate surface area is 147 Å². The molecule has 0 aromatic carbocycles. The maximum Gasteiger partial charge on any atom is 0.0992 e. The average molecular weight is 344 g/mol. The first-order valence-electron chi connectivity index (χ1n) is 8.70. The van der Waals surface area contributed by atoms with Crippen LogP contribution in [0.25, 0.3) is 0 Å². The number of aromatic nitrogens is 1. The third-order valence-electron chi connectivity index (χ3n) is 5.01. The SMILES string of the molecule is Cc1cccc(CO[C@@H]2CC[C@@H]3[C@@H]2OCCN3Cc2ccsc2)n1. The summed E-state index contributed by atoms with van der Waals surface area (Å²) >= 11 is 1.77. The molecule has 2 aromatic rings. The first kappa shape index (κ1) is 16.2. The Morgan fingerprint density at radius 1 is 1.33 bits per heavy atom. The molecule has 0 radical (unpaired) electrons. The number of hydrogen-bond acceptors (Lipinski definition) is 5. The third kappa shape index (κ3) is 3.54. The molecule has 1 saturated heterocycles. The summed E-state index contributed by atoms with van der Waals surface area (Å²) in [5.41, 5.74) is 3.45. The summed E-state index contributed by atoms with van der Waals surface area (Å²) in [6.45, 7) is 5.43. The van der Waals surface area contributed by atoms with E-state index >= 15 is 0 Å². The Morgan fingerprint density at radius 2 is 2.29 bits per heavy atom. The van der Waals surface area contributed by atoms with Gasteiger partial charge in [0.2, 0.25) is 0 Å². The van der Waals surface area contributed by atoms with Crippen molar-refractivity contribution in [3.8, 4) is 0 Å². The van der Waals surface area contributed by atoms with E-state index in [1.165, 1.54) is 5.56 Å². The highest BCUT2D eigenvalue weighted by Gasteiger charge is 2.43. The molecule has 0 unspecified atom stereocenters. The fourth-order valence-corrected chi connectivity index (χ4v) is 4.52. The van der Waals surface area contributed by atoms with Crippen LogP contribution in [0.2, 0.25) is 0 Å². The molecule has 1 saturated carbocycles. The van der Waals surface area contributed by atoms with Crippen LogP contribution in [0.3, 0.4) is 0 Å². The molecule has 4 rings (SSSR count). The quantitative estimate of drug-likeness (QED) is 0.833. The van der Waals surface area contributed by atoms with E-state index in [4.69, 9.17) is 9.47 Å². The Hall–Kier alpha value is -1.27. The van der Waals surface area contributed by atoms with Gasteiger partial charge in [-0.05, 0) is 54.3 Å². The van der Waals surface area contributed by atoms with E-state index in [0.29, 0.717) is 12.6 Å². The van der Waals surface area contributed by atoms with Crippen LogP contribution < -0.4 is 0 Å². The van der Waals surface area contributed by atoms with Crippen molar-refractivity contribution in [2.75, 3.05) is 13.2 Å². The van der Waals surface area contributed by atoms with Gasteiger partial charge < -0.3 is 9.47 Å². The van der Waals surface area contributed by atoms with Gasteiger partial charge >= 0.3 is 0 Å². The van der Waals surface area contributed by atoms with Gasteiger partial charge in [-0.3, -0.25) is 9.88 Å². The van der Waals surface area contributed by atoms with Crippen molar-refractivity contribution < 1.29 is 9.47 Å². The number of ether oxygens (including phenoxy) is 2. The first-order valence-corrected chi connectivity index (χ1v) is 9.65. The standard InChI is InChI=1S/C19H24N2O2S/c1-14-3-2-4-16(20-14)12-23-18-6-5-17-19(18)22-9-8-21(17)11-15-7-10-24-13-15/h2-4,7,10,13,17-19H,5-6,8-9,11-12H2,1H3/t17-,18-,19+/m1/s1. The molecule has 128 valence electrons. The maximum absolute atomic E-state index is 6.18. The van der Waals surface area contributed by atoms with Gasteiger partial charge in [0.15, 0.2) is 0 Å². The van der Waals surface area contributed by atoms with Gasteiger partial charge in [-0.2, -0.15) is 11.3 Å². The summed E-state index contributed by atoms with van der Waals surface area (Å²) < 4.78 is 12.3. The van der Waals surface area contributed by atoms with E-state index in [9.17, 15) is 0 Å². The molecule has 0 N–H and O–H groups in total. The van der Waals surface area contributed by atoms with Crippen molar-refractivity contribution in [2.24, 2.45) is 0 Å². The van der Waals surface area contributed by atoms with E-state index < -0.39 is 0 Å². The molecule has 2 fully saturated rings. The van der Waals surface area contributed by atoms with Crippen molar-refractivity contribution in [2.45, 2.75) is 51.2 Å². The first-order chi connectivity index (χ1) is 11.8. The number of morpholine rings is 1. The van der Waals surface area contributed by atoms with E-state index in [2.05, 4.69) is 26.7 Å². The molecule has 24 heavy (non-hydrogen) atoms. The highest BCUT2D eigenvalue weighted by Crippen LogP contribution is 2.33. The second kappa shape index (κ2) is 7.31. The zero-order chi connectivity index (χ0) is 16.4. The predicted molar refractivity (Wildman–Crippen MR) is 95.0 cm³/mol. The molecule has 0 amide bonds. The van der Waals surface area contributed by atoms with Gasteiger partial charge in [0.1, 0.15) is 0 Å². The Bertz CT molecular complexity index is 661. The molecule has 4 nitrogen and oxygen atoms in total. The van der Waals surface area contributed by atoms with Crippen molar-refractivity contribution in [1.29, 1.82) is 0 Å². The molecule has 2 aromatic heterocycles. The summed E-state index contributed by atoms with van der Waals surface area (Å²) in [5, 5.41) is 4.40.